The quantitative estimate of drug-likeness (QED) is 0.889. The van der Waals surface area contributed by atoms with Crippen molar-refractivity contribution in [2.24, 2.45) is 0 Å². The summed E-state index contributed by atoms with van der Waals surface area (Å²) in [4.78, 5) is 3.96. The molecular weight excluding hydrogens is 283 g/mol. The van der Waals surface area contributed by atoms with Crippen molar-refractivity contribution in [1.29, 1.82) is 0 Å². The molecule has 2 aromatic heterocycles. The highest BCUT2D eigenvalue weighted by atomic mass is 19.4. The van der Waals surface area contributed by atoms with Crippen molar-refractivity contribution < 1.29 is 13.2 Å². The highest BCUT2D eigenvalue weighted by molar-refractivity contribution is 4.99. The van der Waals surface area contributed by atoms with Crippen LogP contribution >= 0.6 is 0 Å². The van der Waals surface area contributed by atoms with Crippen LogP contribution in [0.2, 0.25) is 0 Å². The Morgan fingerprint density at radius 1 is 1.38 bits per heavy atom. The lowest BCUT2D eigenvalue weighted by Crippen LogP contribution is -2.31. The fourth-order valence-electron chi connectivity index (χ4n) is 2.02. The molecule has 0 saturated heterocycles. The summed E-state index contributed by atoms with van der Waals surface area (Å²) in [6.45, 7) is 3.82. The lowest BCUT2D eigenvalue weighted by molar-refractivity contribution is -0.141. The molecule has 0 amide bonds. The van der Waals surface area contributed by atoms with Crippen LogP contribution in [-0.2, 0) is 19.6 Å². The fourth-order valence-corrected chi connectivity index (χ4v) is 2.02. The molecule has 21 heavy (non-hydrogen) atoms. The molecular formula is C13H18F3N5. The minimum atomic E-state index is -4.24. The molecule has 0 aliphatic heterocycles. The molecule has 0 unspecified atom stereocenters. The first kappa shape index (κ1) is 15.6. The van der Waals surface area contributed by atoms with Gasteiger partial charge in [0.2, 0.25) is 0 Å². The van der Waals surface area contributed by atoms with E-state index < -0.39 is 12.7 Å². The average molecular weight is 301 g/mol. The van der Waals surface area contributed by atoms with Gasteiger partial charge in [-0.15, -0.1) is 0 Å². The number of nitrogens with zero attached hydrogens (tertiary/aromatic N) is 4. The first-order chi connectivity index (χ1) is 9.83. The number of rotatable bonds is 6. The van der Waals surface area contributed by atoms with Crippen molar-refractivity contribution >= 4 is 0 Å². The van der Waals surface area contributed by atoms with E-state index in [1.807, 2.05) is 20.0 Å². The Morgan fingerprint density at radius 2 is 2.14 bits per heavy atom. The van der Waals surface area contributed by atoms with E-state index in [1.54, 1.807) is 10.9 Å². The minimum absolute atomic E-state index is 0.0698. The molecule has 0 fully saturated rings. The van der Waals surface area contributed by atoms with E-state index >= 15 is 0 Å². The zero-order valence-electron chi connectivity index (χ0n) is 11.9. The molecule has 0 aliphatic carbocycles. The summed E-state index contributed by atoms with van der Waals surface area (Å²) in [5.41, 5.74) is 1.07. The first-order valence-electron chi connectivity index (χ1n) is 6.63. The smallest absolute Gasteiger partial charge is 0.325 e. The number of nitrogens with one attached hydrogen (secondary N) is 1. The molecule has 0 bridgehead atoms. The van der Waals surface area contributed by atoms with Gasteiger partial charge in [0.1, 0.15) is 12.4 Å². The molecule has 8 heteroatoms. The summed E-state index contributed by atoms with van der Waals surface area (Å²) in [7, 11) is 0. The molecule has 2 rings (SSSR count). The topological polar surface area (TPSA) is 47.7 Å². The van der Waals surface area contributed by atoms with E-state index in [-0.39, 0.29) is 12.6 Å². The Labute approximate surface area is 120 Å². The van der Waals surface area contributed by atoms with Gasteiger partial charge in [-0.3, -0.25) is 4.68 Å². The predicted molar refractivity (Wildman–Crippen MR) is 71.5 cm³/mol. The molecule has 2 heterocycles. The highest BCUT2D eigenvalue weighted by Crippen LogP contribution is 2.18. The van der Waals surface area contributed by atoms with Gasteiger partial charge in [0.05, 0.1) is 19.3 Å². The average Bonchev–Trinajstić information content (AvgIpc) is 2.94. The van der Waals surface area contributed by atoms with E-state index in [0.29, 0.717) is 12.4 Å². The molecule has 2 aromatic rings. The van der Waals surface area contributed by atoms with Gasteiger partial charge in [0.25, 0.3) is 0 Å². The Balaban J connectivity index is 1.87. The van der Waals surface area contributed by atoms with Crippen LogP contribution in [0.1, 0.15) is 18.3 Å². The van der Waals surface area contributed by atoms with E-state index in [4.69, 9.17) is 0 Å². The van der Waals surface area contributed by atoms with Crippen LogP contribution in [0, 0.1) is 6.92 Å². The second kappa shape index (κ2) is 6.30. The molecule has 5 nitrogen and oxygen atoms in total. The van der Waals surface area contributed by atoms with Gasteiger partial charge in [0.15, 0.2) is 0 Å². The number of imidazole rings is 1. The minimum Gasteiger partial charge on any atom is -0.325 e. The summed E-state index contributed by atoms with van der Waals surface area (Å²) >= 11 is 0. The normalized spacial score (nSPS) is 13.6. The van der Waals surface area contributed by atoms with Gasteiger partial charge in [-0.05, 0) is 19.4 Å². The Hall–Kier alpha value is -1.83. The van der Waals surface area contributed by atoms with Crippen molar-refractivity contribution in [1.82, 2.24) is 24.6 Å². The summed E-state index contributed by atoms with van der Waals surface area (Å²) in [6.07, 6.45) is 2.16. The summed E-state index contributed by atoms with van der Waals surface area (Å²) in [5.74, 6) is 0.371. The zero-order chi connectivity index (χ0) is 15.5. The third-order valence-electron chi connectivity index (χ3n) is 2.98. The SMILES string of the molecule is Cc1cnn(C[C@H](C)NCc2nccn2CC(F)(F)F)c1. The Morgan fingerprint density at radius 3 is 2.76 bits per heavy atom. The molecule has 0 saturated carbocycles. The molecule has 0 spiro atoms. The monoisotopic (exact) mass is 301 g/mol. The Bertz CT molecular complexity index is 572. The lowest BCUT2D eigenvalue weighted by atomic mass is 10.3. The van der Waals surface area contributed by atoms with Crippen LogP contribution < -0.4 is 5.32 Å². The predicted octanol–water partition coefficient (Wildman–Crippen LogP) is 2.13. The number of hydrogen-bond acceptors (Lipinski definition) is 3. The van der Waals surface area contributed by atoms with Crippen molar-refractivity contribution in [3.63, 3.8) is 0 Å². The second-order valence-electron chi connectivity index (χ2n) is 5.11. The van der Waals surface area contributed by atoms with Gasteiger partial charge < -0.3 is 9.88 Å². The summed E-state index contributed by atoms with van der Waals surface area (Å²) < 4.78 is 40.1. The van der Waals surface area contributed by atoms with Gasteiger partial charge in [-0.2, -0.15) is 18.3 Å². The van der Waals surface area contributed by atoms with E-state index in [9.17, 15) is 13.2 Å². The van der Waals surface area contributed by atoms with Crippen LogP contribution in [0.3, 0.4) is 0 Å². The van der Waals surface area contributed by atoms with Gasteiger partial charge >= 0.3 is 6.18 Å². The largest absolute Gasteiger partial charge is 0.406 e. The van der Waals surface area contributed by atoms with Crippen molar-refractivity contribution in [2.45, 2.75) is 45.7 Å². The number of alkyl halides is 3. The highest BCUT2D eigenvalue weighted by Gasteiger charge is 2.28. The van der Waals surface area contributed by atoms with Crippen LogP contribution in [-0.4, -0.2) is 31.5 Å². The molecule has 1 atom stereocenters. The second-order valence-corrected chi connectivity index (χ2v) is 5.11. The zero-order valence-corrected chi connectivity index (χ0v) is 11.9. The third kappa shape index (κ3) is 4.89. The molecule has 116 valence electrons. The number of aromatic nitrogens is 4. The van der Waals surface area contributed by atoms with Gasteiger partial charge in [0, 0.05) is 24.6 Å². The van der Waals surface area contributed by atoms with Crippen LogP contribution in [0.4, 0.5) is 13.2 Å². The molecule has 1 N–H and O–H groups in total. The van der Waals surface area contributed by atoms with Crippen LogP contribution in [0.25, 0.3) is 0 Å². The van der Waals surface area contributed by atoms with Crippen LogP contribution in [0.5, 0.6) is 0 Å². The molecule has 0 radical (unpaired) electrons. The van der Waals surface area contributed by atoms with Gasteiger partial charge in [-0.1, -0.05) is 0 Å². The lowest BCUT2D eigenvalue weighted by Gasteiger charge is -2.15. The maximum absolute atomic E-state index is 12.4. The summed E-state index contributed by atoms with van der Waals surface area (Å²) in [5, 5.41) is 7.33. The van der Waals surface area contributed by atoms with Crippen molar-refractivity contribution in [2.75, 3.05) is 0 Å². The van der Waals surface area contributed by atoms with Crippen LogP contribution in [0.15, 0.2) is 24.8 Å². The standard InChI is InChI=1S/C13H18F3N5/c1-10-5-19-21(7-10)8-11(2)18-6-12-17-3-4-20(12)9-13(14,15)16/h3-5,7,11,18H,6,8-9H2,1-2H3/t11-/m0/s1. The van der Waals surface area contributed by atoms with Crippen molar-refractivity contribution in [3.8, 4) is 0 Å². The number of halogens is 3. The van der Waals surface area contributed by atoms with E-state index in [1.165, 1.54) is 12.4 Å². The van der Waals surface area contributed by atoms with E-state index in [2.05, 4.69) is 15.4 Å². The number of aryl methyl sites for hydroxylation is 1. The first-order valence-corrected chi connectivity index (χ1v) is 6.63. The maximum atomic E-state index is 12.4. The summed E-state index contributed by atoms with van der Waals surface area (Å²) in [6, 6.07) is 0.0698. The molecule has 0 aliphatic rings. The third-order valence-corrected chi connectivity index (χ3v) is 2.98. The number of hydrogen-bond donors (Lipinski definition) is 1. The molecule has 0 aromatic carbocycles. The maximum Gasteiger partial charge on any atom is 0.406 e. The Kier molecular flexibility index (Phi) is 4.66. The van der Waals surface area contributed by atoms with Crippen molar-refractivity contribution in [3.05, 3.63) is 36.2 Å². The van der Waals surface area contributed by atoms with E-state index in [0.717, 1.165) is 10.1 Å². The van der Waals surface area contributed by atoms with Gasteiger partial charge in [-0.25, -0.2) is 4.98 Å². The fraction of sp³-hybridized carbons (Fsp3) is 0.538.